The molecule has 0 saturated carbocycles. The SMILES string of the molecule is O=C(c1ccc(F)cc1)c1ccc(F)cc1.O=S(=O)(c1ccc(Cl)cc1)c1ccc(-c2ccc(S(=O)(=O)c3ccc(Cl)cc3)cc2)cc1.O=S(=O)(c1ccc(Cl)cc1)c1ccc(Cl)cc1.O=S(=O)(c1ccc(O)cc1)c1ccc(O)cc1.Oc1ccc(-c2ccc(O)cc2)cc1.Oc1ccc(Oc2ccc(O)cc2)cc1.Oc1ccc(Oc2ccc(O)cc2)cc1.Oc1ccc2cc(O)ccc2c1. The number of halogens is 6. The van der Waals surface area contributed by atoms with Crippen molar-refractivity contribution in [2.24, 2.45) is 0 Å². The summed E-state index contributed by atoms with van der Waals surface area (Å²) in [6, 6.07) is 108. The Kier molecular flexibility index (Phi) is 35.7. The van der Waals surface area contributed by atoms with Crippen molar-refractivity contribution >= 4 is 102 Å². The summed E-state index contributed by atoms with van der Waals surface area (Å²) < 4.78 is 136. The van der Waals surface area contributed by atoms with Gasteiger partial charge in [-0.1, -0.05) is 107 Å². The molecule has 0 spiro atoms. The van der Waals surface area contributed by atoms with E-state index in [2.05, 4.69) is 0 Å². The molecule has 0 fully saturated rings. The minimum absolute atomic E-state index is 0.00894. The van der Waals surface area contributed by atoms with Gasteiger partial charge in [-0.3, -0.25) is 4.79 Å². The van der Waals surface area contributed by atoms with E-state index in [9.17, 15) is 47.2 Å². The highest BCUT2D eigenvalue weighted by molar-refractivity contribution is 7.92. The van der Waals surface area contributed by atoms with Crippen LogP contribution in [0, 0.1) is 11.6 Å². The van der Waals surface area contributed by atoms with E-state index in [0.29, 0.717) is 54.2 Å². The number of carbonyl (C=O) groups excluding carboxylic acids is 1. The van der Waals surface area contributed by atoms with Crippen LogP contribution in [0.4, 0.5) is 8.78 Å². The lowest BCUT2D eigenvalue weighted by Crippen LogP contribution is -2.02. The van der Waals surface area contributed by atoms with Crippen LogP contribution >= 0.6 is 46.4 Å². The molecule has 0 saturated heterocycles. The van der Waals surface area contributed by atoms with Gasteiger partial charge in [-0.15, -0.1) is 0 Å². The Morgan fingerprint density at radius 2 is 0.348 bits per heavy atom. The maximum absolute atomic E-state index is 12.8. The van der Waals surface area contributed by atoms with E-state index in [0.717, 1.165) is 33.0 Å². The molecule has 21 nitrogen and oxygen atoms in total. The van der Waals surface area contributed by atoms with Crippen LogP contribution in [0.15, 0.2) is 464 Å². The third-order valence-electron chi connectivity index (χ3n) is 19.4. The summed E-state index contributed by atoms with van der Waals surface area (Å²) in [5, 5.41) is 94.7. The minimum Gasteiger partial charge on any atom is -0.508 e. The van der Waals surface area contributed by atoms with Gasteiger partial charge in [0.25, 0.3) is 0 Å². The first-order valence-electron chi connectivity index (χ1n) is 40.7. The molecule has 0 aliphatic carbocycles. The van der Waals surface area contributed by atoms with Crippen molar-refractivity contribution in [1.29, 1.82) is 0 Å². The molecule has 0 amide bonds. The molecule has 0 unspecified atom stereocenters. The maximum Gasteiger partial charge on any atom is 0.206 e. The van der Waals surface area contributed by atoms with E-state index in [1.807, 2.05) is 24.3 Å². The van der Waals surface area contributed by atoms with E-state index < -0.39 is 51.0 Å². The average Bonchev–Trinajstić information content (AvgIpc) is 0.786. The molecule has 0 aliphatic heterocycles. The molecule has 18 aromatic carbocycles. The highest BCUT2D eigenvalue weighted by Gasteiger charge is 2.22. The van der Waals surface area contributed by atoms with Crippen LogP contribution in [0.25, 0.3) is 33.0 Å². The van der Waals surface area contributed by atoms with E-state index in [1.165, 1.54) is 194 Å². The van der Waals surface area contributed by atoms with Crippen LogP contribution in [0.2, 0.25) is 20.1 Å². The summed E-state index contributed by atoms with van der Waals surface area (Å²) in [6.07, 6.45) is 0. The number of fused-ring (bicyclic) bond motifs is 1. The quantitative estimate of drug-likeness (QED) is 0.0402. The van der Waals surface area contributed by atoms with Crippen molar-refractivity contribution in [3.63, 3.8) is 0 Å². The number of phenols is 10. The number of rotatable bonds is 16. The number of sulfone groups is 4. The lowest BCUT2D eigenvalue weighted by atomic mass is 10.0. The second-order valence-electron chi connectivity index (χ2n) is 29.2. The zero-order chi connectivity index (χ0) is 99.3. The summed E-state index contributed by atoms with van der Waals surface area (Å²) in [4.78, 5) is 13.1. The molecule has 10 N–H and O–H groups in total. The molecular weight excluding hydrogens is 1930 g/mol. The highest BCUT2D eigenvalue weighted by atomic mass is 35.5. The van der Waals surface area contributed by atoms with Crippen molar-refractivity contribution < 1.29 is 108 Å². The van der Waals surface area contributed by atoms with Crippen LogP contribution in [0.3, 0.4) is 0 Å². The fourth-order valence-electron chi connectivity index (χ4n) is 12.1. The summed E-state index contributed by atoms with van der Waals surface area (Å²) in [5.74, 6) is 3.34. The first-order chi connectivity index (χ1) is 65.8. The van der Waals surface area contributed by atoms with Gasteiger partial charge in [0.05, 0.1) is 39.2 Å². The van der Waals surface area contributed by atoms with Gasteiger partial charge in [0.1, 0.15) is 92.1 Å². The van der Waals surface area contributed by atoms with E-state index in [4.69, 9.17) is 107 Å². The maximum atomic E-state index is 12.8. The molecular formula is C107H80Cl4F2O21S4. The van der Waals surface area contributed by atoms with Gasteiger partial charge in [0.2, 0.25) is 39.3 Å². The minimum atomic E-state index is -3.66. The summed E-state index contributed by atoms with van der Waals surface area (Å²) in [6.45, 7) is 0. The van der Waals surface area contributed by atoms with Gasteiger partial charge >= 0.3 is 0 Å². The van der Waals surface area contributed by atoms with Gasteiger partial charge in [-0.05, 0) is 397 Å². The Bertz CT molecular complexity index is 6920. The first-order valence-corrected chi connectivity index (χ1v) is 48.2. The first kappa shape index (κ1) is 103. The number of hydrogen-bond acceptors (Lipinski definition) is 21. The number of benzene rings is 18. The molecule has 700 valence electrons. The Labute approximate surface area is 813 Å². The number of ether oxygens (including phenoxy) is 2. The van der Waals surface area contributed by atoms with Crippen molar-refractivity contribution in [3.05, 3.63) is 467 Å². The Balaban J connectivity index is 0.000000154. The Morgan fingerprint density at radius 1 is 0.196 bits per heavy atom. The molecule has 138 heavy (non-hydrogen) atoms. The predicted molar refractivity (Wildman–Crippen MR) is 527 cm³/mol. The van der Waals surface area contributed by atoms with Crippen LogP contribution in [0.5, 0.6) is 80.5 Å². The molecule has 0 heterocycles. The second-order valence-corrected chi connectivity index (χ2v) is 38.7. The van der Waals surface area contributed by atoms with Crippen molar-refractivity contribution in [2.75, 3.05) is 0 Å². The third kappa shape index (κ3) is 30.2. The normalized spacial score (nSPS) is 10.8. The van der Waals surface area contributed by atoms with E-state index in [1.54, 1.807) is 206 Å². The summed E-state index contributed by atoms with van der Waals surface area (Å²) in [7, 11) is -14.4. The second kappa shape index (κ2) is 48.0. The number of aromatic hydroxyl groups is 10. The fraction of sp³-hybridized carbons (Fsp3) is 0. The van der Waals surface area contributed by atoms with Crippen molar-refractivity contribution in [3.8, 4) is 103 Å². The standard InChI is InChI=1S/C24H16Cl2O4S2.C13H8F2O.C12H8Cl2O2S.C12H10O4S.2C12H10O3.C12H10O2.C10H8O2/c25-19-5-13-23(14-6-19)31(27,28)21-9-1-17(2-10-21)18-3-11-22(12-4-18)32(29,30)24-15-7-20(26)8-16-24;14-11-5-1-9(2-6-11)13(16)10-3-7-12(15)8-4-10;2*13-9-1-5-11(6-2-9)17(15,16)12-7-3-10(14)4-8-12;2*13-9-1-5-11(6-2-9)15-12-7-3-10(14)4-8-12;13-11-5-1-9(2-6-11)10-3-7-12(14)8-4-10;11-9-3-1-7-5-10(12)4-2-8(7)6-9/h1-16H;1-8H;1-8H;1-8,13-14H;2*1-8,13-14H;1-8,13-14H;1-6,11-12H. The van der Waals surface area contributed by atoms with Gasteiger partial charge < -0.3 is 60.5 Å². The molecule has 0 atom stereocenters. The topological polar surface area (TPSA) is 374 Å². The highest BCUT2D eigenvalue weighted by Crippen LogP contribution is 2.34. The Hall–Kier alpha value is -15.7. The van der Waals surface area contributed by atoms with Crippen LogP contribution in [0.1, 0.15) is 15.9 Å². The number of phenolic OH excluding ortho intramolecular Hbond substituents is 10. The molecule has 0 bridgehead atoms. The average molecular weight is 2010 g/mol. The molecule has 0 aliphatic rings. The predicted octanol–water partition coefficient (Wildman–Crippen LogP) is 26.1. The third-order valence-corrected chi connectivity index (χ3v) is 27.5. The molecule has 18 rings (SSSR count). The van der Waals surface area contributed by atoms with Crippen LogP contribution in [-0.2, 0) is 39.3 Å². The monoisotopic (exact) mass is 2010 g/mol. The fourth-order valence-corrected chi connectivity index (χ4v) is 17.7. The van der Waals surface area contributed by atoms with Crippen molar-refractivity contribution in [1.82, 2.24) is 0 Å². The lowest BCUT2D eigenvalue weighted by Gasteiger charge is -2.08. The van der Waals surface area contributed by atoms with E-state index >= 15 is 0 Å². The lowest BCUT2D eigenvalue weighted by molar-refractivity contribution is 0.103. The van der Waals surface area contributed by atoms with Gasteiger partial charge in [-0.25, -0.2) is 42.5 Å². The molecule has 0 aromatic heterocycles. The smallest absolute Gasteiger partial charge is 0.206 e. The summed E-state index contributed by atoms with van der Waals surface area (Å²) >= 11 is 23.1. The van der Waals surface area contributed by atoms with Crippen LogP contribution < -0.4 is 9.47 Å². The van der Waals surface area contributed by atoms with Gasteiger partial charge in [-0.2, -0.15) is 0 Å². The summed E-state index contributed by atoms with van der Waals surface area (Å²) in [5.41, 5.74) is 4.32. The Morgan fingerprint density at radius 3 is 0.543 bits per heavy atom. The van der Waals surface area contributed by atoms with E-state index in [-0.39, 0.29) is 102 Å². The largest absolute Gasteiger partial charge is 0.508 e. The van der Waals surface area contributed by atoms with Gasteiger partial charge in [0.15, 0.2) is 5.78 Å². The van der Waals surface area contributed by atoms with Gasteiger partial charge in [0, 0.05) is 31.2 Å². The number of hydrogen-bond donors (Lipinski definition) is 10. The van der Waals surface area contributed by atoms with Crippen molar-refractivity contribution in [2.45, 2.75) is 39.2 Å². The zero-order valence-electron chi connectivity index (χ0n) is 71.8. The van der Waals surface area contributed by atoms with Crippen LogP contribution in [-0.4, -0.2) is 90.5 Å². The number of carbonyl (C=O) groups is 1. The number of ketones is 1. The molecule has 18 aromatic rings. The zero-order valence-corrected chi connectivity index (χ0v) is 78.1. The molecule has 31 heteroatoms. The molecule has 0 radical (unpaired) electrons.